The molecule has 1 aliphatic heterocycles. The Bertz CT molecular complexity index is 802. The van der Waals surface area contributed by atoms with Crippen LogP contribution < -0.4 is 0 Å². The van der Waals surface area contributed by atoms with Crippen molar-refractivity contribution in [1.82, 2.24) is 4.90 Å². The molecule has 2 aliphatic rings. The van der Waals surface area contributed by atoms with E-state index in [0.29, 0.717) is 6.54 Å². The van der Waals surface area contributed by atoms with E-state index < -0.39 is 12.1 Å². The lowest BCUT2D eigenvalue weighted by atomic mass is 9.98. The summed E-state index contributed by atoms with van der Waals surface area (Å²) < 4.78 is 5.63. The normalized spacial score (nSPS) is 18.5. The van der Waals surface area contributed by atoms with Crippen molar-refractivity contribution < 1.29 is 19.4 Å². The minimum absolute atomic E-state index is 0.0203. The second-order valence-electron chi connectivity index (χ2n) is 6.89. The first kappa shape index (κ1) is 16.6. The molecular formula is C21H21NO4. The summed E-state index contributed by atoms with van der Waals surface area (Å²) in [6, 6.07) is 16.1. The molecule has 1 saturated heterocycles. The Labute approximate surface area is 152 Å². The van der Waals surface area contributed by atoms with Gasteiger partial charge in [0, 0.05) is 18.5 Å². The highest BCUT2D eigenvalue weighted by atomic mass is 16.6. The van der Waals surface area contributed by atoms with Gasteiger partial charge in [0.15, 0.2) is 0 Å². The predicted molar refractivity (Wildman–Crippen MR) is 97.0 cm³/mol. The Morgan fingerprint density at radius 2 is 1.65 bits per heavy atom. The van der Waals surface area contributed by atoms with E-state index in [-0.39, 0.29) is 25.0 Å². The molecule has 5 nitrogen and oxygen atoms in total. The predicted octanol–water partition coefficient (Wildman–Crippen LogP) is 3.87. The van der Waals surface area contributed by atoms with E-state index in [1.54, 1.807) is 4.90 Å². The number of nitrogens with zero attached hydrogens (tertiary/aromatic N) is 1. The fourth-order valence-electron chi connectivity index (χ4n) is 4.17. The Kier molecular flexibility index (Phi) is 4.37. The van der Waals surface area contributed by atoms with Gasteiger partial charge in [-0.3, -0.25) is 4.79 Å². The van der Waals surface area contributed by atoms with E-state index in [0.717, 1.165) is 12.8 Å². The first-order valence-electron chi connectivity index (χ1n) is 8.98. The summed E-state index contributed by atoms with van der Waals surface area (Å²) in [5, 5.41) is 9.02. The van der Waals surface area contributed by atoms with E-state index in [1.165, 1.54) is 22.3 Å². The van der Waals surface area contributed by atoms with Gasteiger partial charge in [0.25, 0.3) is 0 Å². The number of carboxylic acids is 1. The van der Waals surface area contributed by atoms with Gasteiger partial charge in [0.05, 0.1) is 6.42 Å². The van der Waals surface area contributed by atoms with E-state index in [9.17, 15) is 9.59 Å². The molecule has 1 fully saturated rings. The number of hydrogen-bond acceptors (Lipinski definition) is 3. The lowest BCUT2D eigenvalue weighted by molar-refractivity contribution is -0.138. The monoisotopic (exact) mass is 351 g/mol. The van der Waals surface area contributed by atoms with E-state index in [4.69, 9.17) is 9.84 Å². The maximum Gasteiger partial charge on any atom is 0.410 e. The molecule has 0 spiro atoms. The van der Waals surface area contributed by atoms with Crippen molar-refractivity contribution in [3.8, 4) is 11.1 Å². The number of amides is 1. The molecule has 1 heterocycles. The average Bonchev–Trinajstić information content (AvgIpc) is 3.22. The van der Waals surface area contributed by atoms with Crippen LogP contribution in [0.25, 0.3) is 11.1 Å². The van der Waals surface area contributed by atoms with Crippen LogP contribution in [0, 0.1) is 0 Å². The number of carbonyl (C=O) groups excluding carboxylic acids is 1. The molecule has 5 heteroatoms. The van der Waals surface area contributed by atoms with Crippen molar-refractivity contribution in [2.24, 2.45) is 0 Å². The molecule has 1 amide bonds. The summed E-state index contributed by atoms with van der Waals surface area (Å²) in [4.78, 5) is 25.1. The number of rotatable bonds is 4. The lowest BCUT2D eigenvalue weighted by Gasteiger charge is -2.24. The lowest BCUT2D eigenvalue weighted by Crippen LogP contribution is -2.37. The van der Waals surface area contributed by atoms with Gasteiger partial charge in [-0.25, -0.2) is 4.79 Å². The molecule has 26 heavy (non-hydrogen) atoms. The Hall–Kier alpha value is -2.82. The number of fused-ring (bicyclic) bond motifs is 3. The van der Waals surface area contributed by atoms with Crippen molar-refractivity contribution >= 4 is 12.1 Å². The molecule has 2 aromatic rings. The van der Waals surface area contributed by atoms with E-state index in [2.05, 4.69) is 24.3 Å². The third-order valence-electron chi connectivity index (χ3n) is 5.36. The molecule has 2 aromatic carbocycles. The van der Waals surface area contributed by atoms with Crippen LogP contribution in [0.3, 0.4) is 0 Å². The van der Waals surface area contributed by atoms with Crippen LogP contribution in [0.4, 0.5) is 4.79 Å². The van der Waals surface area contributed by atoms with Crippen molar-refractivity contribution in [1.29, 1.82) is 0 Å². The third-order valence-corrected chi connectivity index (χ3v) is 5.36. The number of hydrogen-bond donors (Lipinski definition) is 1. The molecule has 1 atom stereocenters. The second-order valence-corrected chi connectivity index (χ2v) is 6.89. The van der Waals surface area contributed by atoms with Gasteiger partial charge in [-0.1, -0.05) is 48.5 Å². The van der Waals surface area contributed by atoms with Gasteiger partial charge in [-0.05, 0) is 35.1 Å². The minimum Gasteiger partial charge on any atom is -0.481 e. The first-order valence-corrected chi connectivity index (χ1v) is 8.98. The highest BCUT2D eigenvalue weighted by Gasteiger charge is 2.33. The summed E-state index contributed by atoms with van der Waals surface area (Å²) in [5.41, 5.74) is 4.72. The van der Waals surface area contributed by atoms with Gasteiger partial charge in [0.2, 0.25) is 0 Å². The molecule has 0 unspecified atom stereocenters. The number of carbonyl (C=O) groups is 2. The van der Waals surface area contributed by atoms with Crippen LogP contribution in [0.2, 0.25) is 0 Å². The van der Waals surface area contributed by atoms with E-state index >= 15 is 0 Å². The summed E-state index contributed by atoms with van der Waals surface area (Å²) in [5.74, 6) is -0.861. The topological polar surface area (TPSA) is 66.8 Å². The van der Waals surface area contributed by atoms with Gasteiger partial charge in [0.1, 0.15) is 6.61 Å². The van der Waals surface area contributed by atoms with Crippen molar-refractivity contribution in [2.75, 3.05) is 13.2 Å². The SMILES string of the molecule is O=C(O)C[C@@H]1CCCN1C(=O)OCC1c2ccccc2-c2ccccc21. The molecule has 0 saturated carbocycles. The molecule has 1 aliphatic carbocycles. The Morgan fingerprint density at radius 1 is 1.04 bits per heavy atom. The highest BCUT2D eigenvalue weighted by molar-refractivity contribution is 5.79. The molecular weight excluding hydrogens is 330 g/mol. The van der Waals surface area contributed by atoms with Gasteiger partial charge >= 0.3 is 12.1 Å². The number of ether oxygens (including phenoxy) is 1. The minimum atomic E-state index is -0.881. The number of aliphatic carboxylic acids is 1. The standard InChI is InChI=1S/C21H21NO4/c23-20(24)12-14-6-5-11-22(14)21(25)26-13-19-17-9-3-1-7-15(17)16-8-2-4-10-18(16)19/h1-4,7-10,14,19H,5-6,11-13H2,(H,23,24)/t14-/m0/s1. The zero-order valence-corrected chi connectivity index (χ0v) is 14.4. The summed E-state index contributed by atoms with van der Waals surface area (Å²) >= 11 is 0. The van der Waals surface area contributed by atoms with E-state index in [1.807, 2.05) is 24.3 Å². The van der Waals surface area contributed by atoms with Crippen LogP contribution in [0.1, 0.15) is 36.3 Å². The van der Waals surface area contributed by atoms with Crippen molar-refractivity contribution in [3.63, 3.8) is 0 Å². The molecule has 134 valence electrons. The zero-order valence-electron chi connectivity index (χ0n) is 14.4. The number of benzene rings is 2. The van der Waals surface area contributed by atoms with Gasteiger partial charge in [-0.2, -0.15) is 0 Å². The summed E-state index contributed by atoms with van der Waals surface area (Å²) in [7, 11) is 0. The first-order chi connectivity index (χ1) is 12.6. The van der Waals surface area contributed by atoms with Gasteiger partial charge < -0.3 is 14.7 Å². The smallest absolute Gasteiger partial charge is 0.410 e. The fraction of sp³-hybridized carbons (Fsp3) is 0.333. The molecule has 4 rings (SSSR count). The maximum atomic E-state index is 12.5. The molecule has 0 bridgehead atoms. The maximum absolute atomic E-state index is 12.5. The quantitative estimate of drug-likeness (QED) is 0.908. The number of likely N-dealkylation sites (tertiary alicyclic amines) is 1. The van der Waals surface area contributed by atoms with Crippen LogP contribution in [0.15, 0.2) is 48.5 Å². The molecule has 1 N–H and O–H groups in total. The van der Waals surface area contributed by atoms with Crippen molar-refractivity contribution in [3.05, 3.63) is 59.7 Å². The fourth-order valence-corrected chi connectivity index (χ4v) is 4.17. The largest absolute Gasteiger partial charge is 0.481 e. The van der Waals surface area contributed by atoms with Crippen LogP contribution in [-0.2, 0) is 9.53 Å². The Balaban J connectivity index is 1.50. The highest BCUT2D eigenvalue weighted by Crippen LogP contribution is 2.44. The van der Waals surface area contributed by atoms with Gasteiger partial charge in [-0.15, -0.1) is 0 Å². The van der Waals surface area contributed by atoms with Crippen LogP contribution in [0.5, 0.6) is 0 Å². The third kappa shape index (κ3) is 2.94. The molecule has 0 radical (unpaired) electrons. The van der Waals surface area contributed by atoms with Crippen LogP contribution >= 0.6 is 0 Å². The Morgan fingerprint density at radius 3 is 2.27 bits per heavy atom. The second kappa shape index (κ2) is 6.83. The zero-order chi connectivity index (χ0) is 18.1. The van der Waals surface area contributed by atoms with Crippen LogP contribution in [-0.4, -0.2) is 41.3 Å². The van der Waals surface area contributed by atoms with Crippen molar-refractivity contribution in [2.45, 2.75) is 31.2 Å². The summed E-state index contributed by atoms with van der Waals surface area (Å²) in [6.45, 7) is 0.831. The summed E-state index contributed by atoms with van der Waals surface area (Å²) in [6.07, 6.45) is 1.11. The number of carboxylic acid groups (broad SMARTS) is 1. The molecule has 0 aromatic heterocycles. The average molecular weight is 351 g/mol.